The van der Waals surface area contributed by atoms with E-state index in [0.29, 0.717) is 0 Å². The Morgan fingerprint density at radius 3 is 2.72 bits per heavy atom. The number of nitrogens with zero attached hydrogens (tertiary/aromatic N) is 5. The van der Waals surface area contributed by atoms with Crippen molar-refractivity contribution in [3.05, 3.63) is 30.4 Å². The summed E-state index contributed by atoms with van der Waals surface area (Å²) in [6.45, 7) is 9.69. The van der Waals surface area contributed by atoms with E-state index in [2.05, 4.69) is 22.0 Å². The molecule has 6 heteroatoms. The number of carbonyl (C=O) groups excluding carboxylic acids is 1. The van der Waals surface area contributed by atoms with Gasteiger partial charge < -0.3 is 4.90 Å². The quantitative estimate of drug-likeness (QED) is 0.854. The number of likely N-dealkylation sites (tertiary alicyclic amines) is 1. The Hall–Kier alpha value is -2.24. The first-order chi connectivity index (χ1) is 11.9. The van der Waals surface area contributed by atoms with Crippen molar-refractivity contribution < 1.29 is 4.79 Å². The Bertz CT molecular complexity index is 729. The van der Waals surface area contributed by atoms with Crippen LogP contribution in [0.3, 0.4) is 0 Å². The van der Waals surface area contributed by atoms with E-state index in [4.69, 9.17) is 0 Å². The van der Waals surface area contributed by atoms with Gasteiger partial charge in [0, 0.05) is 24.7 Å². The number of rotatable bonds is 4. The summed E-state index contributed by atoms with van der Waals surface area (Å²) >= 11 is 0. The van der Waals surface area contributed by atoms with Gasteiger partial charge in [-0.25, -0.2) is 0 Å². The van der Waals surface area contributed by atoms with Gasteiger partial charge in [0.25, 0.3) is 0 Å². The lowest BCUT2D eigenvalue weighted by Gasteiger charge is -2.30. The topological polar surface area (TPSA) is 63.9 Å². The molecule has 0 unspecified atom stereocenters. The van der Waals surface area contributed by atoms with Gasteiger partial charge >= 0.3 is 0 Å². The van der Waals surface area contributed by atoms with Crippen LogP contribution in [0.2, 0.25) is 0 Å². The van der Waals surface area contributed by atoms with Crippen molar-refractivity contribution in [3.63, 3.8) is 0 Å². The Kier molecular flexibility index (Phi) is 4.88. The Labute approximate surface area is 149 Å². The number of aromatic nitrogens is 4. The molecular formula is C19H27N5O. The first-order valence-corrected chi connectivity index (χ1v) is 9.07. The third-order valence-corrected chi connectivity index (χ3v) is 4.58. The molecule has 1 atom stereocenters. The van der Waals surface area contributed by atoms with E-state index in [-0.39, 0.29) is 17.4 Å². The van der Waals surface area contributed by atoms with E-state index >= 15 is 0 Å². The molecule has 1 saturated heterocycles. The van der Waals surface area contributed by atoms with Gasteiger partial charge in [-0.15, -0.1) is 0 Å². The fourth-order valence-electron chi connectivity index (χ4n) is 3.33. The van der Waals surface area contributed by atoms with E-state index in [9.17, 15) is 4.79 Å². The summed E-state index contributed by atoms with van der Waals surface area (Å²) in [4.78, 5) is 23.9. The smallest absolute Gasteiger partial charge is 0.228 e. The predicted octanol–water partition coefficient (Wildman–Crippen LogP) is 3.46. The Morgan fingerprint density at radius 2 is 2.08 bits per heavy atom. The standard InChI is InChI=1S/C19H27N5O/c1-5-10-24-17(8-9-22-24)15-13-20-14(12-21-15)16-7-6-11-23(16)18(25)19(2,3)4/h8-9,12-13,16H,5-7,10-11H2,1-4H3/t16-/m1/s1. The van der Waals surface area contributed by atoms with Crippen molar-refractivity contribution in [3.8, 4) is 11.4 Å². The van der Waals surface area contributed by atoms with Crippen LogP contribution in [0.1, 0.15) is 58.7 Å². The molecule has 2 aromatic rings. The zero-order chi connectivity index (χ0) is 18.0. The minimum atomic E-state index is -0.372. The molecule has 134 valence electrons. The second kappa shape index (κ2) is 6.94. The molecule has 25 heavy (non-hydrogen) atoms. The fraction of sp³-hybridized carbons (Fsp3) is 0.579. The zero-order valence-electron chi connectivity index (χ0n) is 15.6. The lowest BCUT2D eigenvalue weighted by Crippen LogP contribution is -2.39. The average molecular weight is 341 g/mol. The van der Waals surface area contributed by atoms with Crippen molar-refractivity contribution in [2.75, 3.05) is 6.54 Å². The highest BCUT2D eigenvalue weighted by Gasteiger charge is 2.36. The molecule has 2 aromatic heterocycles. The largest absolute Gasteiger partial charge is 0.334 e. The molecule has 3 rings (SSSR count). The van der Waals surface area contributed by atoms with Crippen LogP contribution in [0.5, 0.6) is 0 Å². The van der Waals surface area contributed by atoms with Crippen molar-refractivity contribution in [1.29, 1.82) is 0 Å². The second-order valence-electron chi connectivity index (χ2n) is 7.67. The van der Waals surface area contributed by atoms with Crippen molar-refractivity contribution in [2.45, 2.75) is 59.5 Å². The zero-order valence-corrected chi connectivity index (χ0v) is 15.6. The second-order valence-corrected chi connectivity index (χ2v) is 7.67. The van der Waals surface area contributed by atoms with Gasteiger partial charge in [0.05, 0.1) is 29.8 Å². The van der Waals surface area contributed by atoms with Gasteiger partial charge in [-0.3, -0.25) is 19.4 Å². The molecule has 0 aromatic carbocycles. The average Bonchev–Trinajstić information content (AvgIpc) is 3.23. The summed E-state index contributed by atoms with van der Waals surface area (Å²) in [5.74, 6) is 0.182. The summed E-state index contributed by atoms with van der Waals surface area (Å²) in [6.07, 6.45) is 8.39. The Morgan fingerprint density at radius 1 is 1.28 bits per heavy atom. The maximum absolute atomic E-state index is 12.7. The van der Waals surface area contributed by atoms with E-state index in [1.54, 1.807) is 12.4 Å². The molecule has 1 aliphatic heterocycles. The fourth-order valence-corrected chi connectivity index (χ4v) is 3.33. The van der Waals surface area contributed by atoms with Gasteiger partial charge in [-0.1, -0.05) is 27.7 Å². The van der Waals surface area contributed by atoms with Crippen molar-refractivity contribution >= 4 is 5.91 Å². The summed E-state index contributed by atoms with van der Waals surface area (Å²) in [6, 6.07) is 2.00. The van der Waals surface area contributed by atoms with Crippen LogP contribution in [-0.2, 0) is 11.3 Å². The normalized spacial score (nSPS) is 17.9. The maximum Gasteiger partial charge on any atom is 0.228 e. The van der Waals surface area contributed by atoms with E-state index in [1.807, 2.05) is 42.6 Å². The van der Waals surface area contributed by atoms with E-state index in [1.165, 1.54) is 0 Å². The third kappa shape index (κ3) is 3.57. The van der Waals surface area contributed by atoms with Crippen molar-refractivity contribution in [2.24, 2.45) is 5.41 Å². The van der Waals surface area contributed by atoms with E-state index < -0.39 is 0 Å². The number of hydrogen-bond acceptors (Lipinski definition) is 4. The van der Waals surface area contributed by atoms with Crippen LogP contribution in [0.25, 0.3) is 11.4 Å². The summed E-state index contributed by atoms with van der Waals surface area (Å²) < 4.78 is 1.95. The highest BCUT2D eigenvalue weighted by molar-refractivity contribution is 5.82. The number of hydrogen-bond donors (Lipinski definition) is 0. The third-order valence-electron chi connectivity index (χ3n) is 4.58. The molecule has 1 aliphatic rings. The SMILES string of the molecule is CCCn1nccc1-c1cnc([C@H]2CCCN2C(=O)C(C)(C)C)cn1. The molecule has 1 fully saturated rings. The lowest BCUT2D eigenvalue weighted by molar-refractivity contribution is -0.140. The Balaban J connectivity index is 1.82. The van der Waals surface area contributed by atoms with Crippen molar-refractivity contribution in [1.82, 2.24) is 24.6 Å². The minimum absolute atomic E-state index is 0.0360. The van der Waals surface area contributed by atoms with Crippen LogP contribution < -0.4 is 0 Å². The summed E-state index contributed by atoms with van der Waals surface area (Å²) in [5.41, 5.74) is 2.31. The van der Waals surface area contributed by atoms with Gasteiger partial charge in [-0.2, -0.15) is 5.10 Å². The lowest BCUT2D eigenvalue weighted by atomic mass is 9.94. The highest BCUT2D eigenvalue weighted by Crippen LogP contribution is 2.34. The highest BCUT2D eigenvalue weighted by atomic mass is 16.2. The van der Waals surface area contributed by atoms with Gasteiger partial charge in [-0.05, 0) is 25.3 Å². The van der Waals surface area contributed by atoms with Crippen LogP contribution in [0.15, 0.2) is 24.7 Å². The molecule has 0 N–H and O–H groups in total. The van der Waals surface area contributed by atoms with Gasteiger partial charge in [0.2, 0.25) is 5.91 Å². The summed E-state index contributed by atoms with van der Waals surface area (Å²) in [5, 5.41) is 4.34. The first-order valence-electron chi connectivity index (χ1n) is 9.07. The maximum atomic E-state index is 12.7. The van der Waals surface area contributed by atoms with Crippen LogP contribution in [0.4, 0.5) is 0 Å². The number of carbonyl (C=O) groups is 1. The minimum Gasteiger partial charge on any atom is -0.334 e. The molecule has 6 nitrogen and oxygen atoms in total. The molecule has 0 radical (unpaired) electrons. The molecule has 0 bridgehead atoms. The predicted molar refractivity (Wildman–Crippen MR) is 96.7 cm³/mol. The van der Waals surface area contributed by atoms with Crippen LogP contribution in [-0.4, -0.2) is 37.1 Å². The molecule has 0 saturated carbocycles. The molecule has 1 amide bonds. The monoisotopic (exact) mass is 341 g/mol. The number of amides is 1. The van der Waals surface area contributed by atoms with Gasteiger partial charge in [0.1, 0.15) is 5.69 Å². The van der Waals surface area contributed by atoms with Gasteiger partial charge in [0.15, 0.2) is 0 Å². The first kappa shape index (κ1) is 17.6. The number of aryl methyl sites for hydroxylation is 1. The van der Waals surface area contributed by atoms with Crippen LogP contribution >= 0.6 is 0 Å². The summed E-state index contributed by atoms with van der Waals surface area (Å²) in [7, 11) is 0. The molecule has 3 heterocycles. The van der Waals surface area contributed by atoms with E-state index in [0.717, 1.165) is 49.4 Å². The molecule has 0 aliphatic carbocycles. The molecule has 0 spiro atoms. The van der Waals surface area contributed by atoms with Crippen LogP contribution in [0, 0.1) is 5.41 Å². The molecular weight excluding hydrogens is 314 g/mol.